The van der Waals surface area contributed by atoms with Crippen LogP contribution in [0.15, 0.2) is 0 Å². The molecular weight excluding hydrogens is 188 g/mol. The van der Waals surface area contributed by atoms with Crippen molar-refractivity contribution in [2.24, 2.45) is 5.73 Å². The molecule has 0 spiro atoms. The van der Waals surface area contributed by atoms with Gasteiger partial charge in [-0.05, 0) is 25.7 Å². The van der Waals surface area contributed by atoms with Crippen LogP contribution in [-0.4, -0.2) is 17.5 Å². The predicted molar refractivity (Wildman–Crippen MR) is 64.6 cm³/mol. The normalized spacial score (nSPS) is 13.7. The lowest BCUT2D eigenvalue weighted by molar-refractivity contribution is -0.124. The summed E-state index contributed by atoms with van der Waals surface area (Å²) in [7, 11) is 0. The lowest BCUT2D eigenvalue weighted by atomic mass is 9.89. The number of nitrogens with one attached hydrogen (secondary N) is 1. The van der Waals surface area contributed by atoms with E-state index in [1.807, 2.05) is 6.92 Å². The Bertz CT molecular complexity index is 180. The van der Waals surface area contributed by atoms with E-state index in [1.165, 1.54) is 0 Å². The Kier molecular flexibility index (Phi) is 6.57. The molecule has 0 saturated carbocycles. The summed E-state index contributed by atoms with van der Waals surface area (Å²) in [5.74, 6) is 0.00222. The van der Waals surface area contributed by atoms with Gasteiger partial charge in [-0.25, -0.2) is 0 Å². The van der Waals surface area contributed by atoms with E-state index in [0.29, 0.717) is 0 Å². The number of nitrogens with two attached hydrogens (primary N) is 1. The van der Waals surface area contributed by atoms with Crippen molar-refractivity contribution in [2.75, 3.05) is 0 Å². The summed E-state index contributed by atoms with van der Waals surface area (Å²) in [6.07, 6.45) is 4.60. The molecule has 0 saturated heterocycles. The van der Waals surface area contributed by atoms with Gasteiger partial charge in [0.05, 0.1) is 6.04 Å². The fourth-order valence-corrected chi connectivity index (χ4v) is 1.81. The largest absolute Gasteiger partial charge is 0.349 e. The Labute approximate surface area is 93.8 Å². The van der Waals surface area contributed by atoms with E-state index in [1.54, 1.807) is 0 Å². The lowest BCUT2D eigenvalue weighted by Gasteiger charge is -2.32. The standard InChI is InChI=1S/C12H26N2O/c1-5-9-10(13)11(15)14-12(6-2,7-3)8-4/h10H,5-9,13H2,1-4H3,(H,14,15). The molecule has 0 heterocycles. The van der Waals surface area contributed by atoms with Crippen LogP contribution in [0.5, 0.6) is 0 Å². The Morgan fingerprint density at radius 2 is 1.67 bits per heavy atom. The van der Waals surface area contributed by atoms with Gasteiger partial charge in [0.25, 0.3) is 0 Å². The molecule has 0 rings (SSSR count). The third kappa shape index (κ3) is 4.20. The molecule has 1 amide bonds. The Hall–Kier alpha value is -0.570. The first-order chi connectivity index (χ1) is 7.05. The van der Waals surface area contributed by atoms with Gasteiger partial charge in [-0.15, -0.1) is 0 Å². The quantitative estimate of drug-likeness (QED) is 0.682. The second-order valence-corrected chi connectivity index (χ2v) is 4.23. The van der Waals surface area contributed by atoms with Crippen LogP contribution in [0.3, 0.4) is 0 Å². The van der Waals surface area contributed by atoms with E-state index in [9.17, 15) is 4.79 Å². The topological polar surface area (TPSA) is 55.1 Å². The molecule has 0 aliphatic rings. The minimum atomic E-state index is -0.348. The van der Waals surface area contributed by atoms with Crippen LogP contribution in [0.2, 0.25) is 0 Å². The molecule has 0 aromatic heterocycles. The van der Waals surface area contributed by atoms with Crippen molar-refractivity contribution in [1.82, 2.24) is 5.32 Å². The van der Waals surface area contributed by atoms with Gasteiger partial charge in [0.2, 0.25) is 5.91 Å². The first kappa shape index (κ1) is 14.4. The average molecular weight is 214 g/mol. The minimum absolute atomic E-state index is 0.00222. The Balaban J connectivity index is 4.34. The maximum absolute atomic E-state index is 11.8. The van der Waals surface area contributed by atoms with Crippen molar-refractivity contribution in [1.29, 1.82) is 0 Å². The van der Waals surface area contributed by atoms with E-state index >= 15 is 0 Å². The zero-order chi connectivity index (χ0) is 11.9. The van der Waals surface area contributed by atoms with Gasteiger partial charge in [-0.3, -0.25) is 4.79 Å². The van der Waals surface area contributed by atoms with Crippen molar-refractivity contribution >= 4 is 5.91 Å². The summed E-state index contributed by atoms with van der Waals surface area (Å²) in [4.78, 5) is 11.8. The molecule has 15 heavy (non-hydrogen) atoms. The van der Waals surface area contributed by atoms with Crippen molar-refractivity contribution in [3.8, 4) is 0 Å². The van der Waals surface area contributed by atoms with Crippen molar-refractivity contribution in [3.63, 3.8) is 0 Å². The highest BCUT2D eigenvalue weighted by molar-refractivity contribution is 5.82. The Morgan fingerprint density at radius 1 is 1.20 bits per heavy atom. The molecule has 90 valence electrons. The van der Waals surface area contributed by atoms with Crippen LogP contribution in [0.1, 0.15) is 59.8 Å². The van der Waals surface area contributed by atoms with Crippen molar-refractivity contribution < 1.29 is 4.79 Å². The molecular formula is C12H26N2O. The zero-order valence-corrected chi connectivity index (χ0v) is 10.6. The summed E-state index contributed by atoms with van der Waals surface area (Å²) in [6, 6.07) is -0.348. The second kappa shape index (κ2) is 6.83. The van der Waals surface area contributed by atoms with Crippen LogP contribution in [-0.2, 0) is 4.79 Å². The van der Waals surface area contributed by atoms with Gasteiger partial charge in [-0.2, -0.15) is 0 Å². The van der Waals surface area contributed by atoms with Crippen LogP contribution in [0.4, 0.5) is 0 Å². The first-order valence-electron chi connectivity index (χ1n) is 6.12. The van der Waals surface area contributed by atoms with Crippen LogP contribution >= 0.6 is 0 Å². The van der Waals surface area contributed by atoms with Gasteiger partial charge in [0.15, 0.2) is 0 Å². The van der Waals surface area contributed by atoms with Crippen LogP contribution in [0, 0.1) is 0 Å². The number of hydrogen-bond acceptors (Lipinski definition) is 2. The molecule has 0 bridgehead atoms. The lowest BCUT2D eigenvalue weighted by Crippen LogP contribution is -2.52. The van der Waals surface area contributed by atoms with Gasteiger partial charge in [0.1, 0.15) is 0 Å². The smallest absolute Gasteiger partial charge is 0.237 e. The fraction of sp³-hybridized carbons (Fsp3) is 0.917. The number of hydrogen-bond donors (Lipinski definition) is 2. The minimum Gasteiger partial charge on any atom is -0.349 e. The molecule has 1 unspecified atom stereocenters. The number of carbonyl (C=O) groups excluding carboxylic acids is 1. The molecule has 0 aliphatic heterocycles. The number of amides is 1. The fourth-order valence-electron chi connectivity index (χ4n) is 1.81. The van der Waals surface area contributed by atoms with Crippen LogP contribution in [0.25, 0.3) is 0 Å². The summed E-state index contributed by atoms with van der Waals surface area (Å²) in [5.41, 5.74) is 5.73. The monoisotopic (exact) mass is 214 g/mol. The summed E-state index contributed by atoms with van der Waals surface area (Å²) >= 11 is 0. The first-order valence-corrected chi connectivity index (χ1v) is 6.12. The molecule has 3 nitrogen and oxygen atoms in total. The molecule has 3 N–H and O–H groups in total. The van der Waals surface area contributed by atoms with E-state index in [0.717, 1.165) is 32.1 Å². The van der Waals surface area contributed by atoms with Gasteiger partial charge in [-0.1, -0.05) is 34.1 Å². The predicted octanol–water partition coefficient (Wildman–Crippen LogP) is 2.20. The van der Waals surface area contributed by atoms with Crippen molar-refractivity contribution in [3.05, 3.63) is 0 Å². The van der Waals surface area contributed by atoms with E-state index in [4.69, 9.17) is 5.73 Å². The molecule has 0 fully saturated rings. The number of rotatable bonds is 7. The third-order valence-electron chi connectivity index (χ3n) is 3.36. The molecule has 0 aliphatic carbocycles. The van der Waals surface area contributed by atoms with E-state index < -0.39 is 0 Å². The van der Waals surface area contributed by atoms with Crippen molar-refractivity contribution in [2.45, 2.75) is 71.4 Å². The highest BCUT2D eigenvalue weighted by Crippen LogP contribution is 2.19. The van der Waals surface area contributed by atoms with E-state index in [2.05, 4.69) is 26.1 Å². The maximum Gasteiger partial charge on any atom is 0.237 e. The number of carbonyl (C=O) groups is 1. The third-order valence-corrected chi connectivity index (χ3v) is 3.36. The van der Waals surface area contributed by atoms with Gasteiger partial charge >= 0.3 is 0 Å². The molecule has 0 aromatic rings. The molecule has 0 radical (unpaired) electrons. The van der Waals surface area contributed by atoms with Gasteiger partial charge < -0.3 is 11.1 Å². The average Bonchev–Trinajstić information content (AvgIpc) is 2.26. The summed E-state index contributed by atoms with van der Waals surface area (Å²) in [6.45, 7) is 8.37. The maximum atomic E-state index is 11.8. The highest BCUT2D eigenvalue weighted by Gasteiger charge is 2.27. The second-order valence-electron chi connectivity index (χ2n) is 4.23. The van der Waals surface area contributed by atoms with Gasteiger partial charge in [0, 0.05) is 5.54 Å². The van der Waals surface area contributed by atoms with E-state index in [-0.39, 0.29) is 17.5 Å². The summed E-state index contributed by atoms with van der Waals surface area (Å²) < 4.78 is 0. The summed E-state index contributed by atoms with van der Waals surface area (Å²) in [5, 5.41) is 3.10. The molecule has 1 atom stereocenters. The SMILES string of the molecule is CCCC(N)C(=O)NC(CC)(CC)CC. The zero-order valence-electron chi connectivity index (χ0n) is 10.6. The highest BCUT2D eigenvalue weighted by atomic mass is 16.2. The Morgan fingerprint density at radius 3 is 2.00 bits per heavy atom. The van der Waals surface area contributed by atoms with Crippen LogP contribution < -0.4 is 11.1 Å². The molecule has 0 aromatic carbocycles. The molecule has 3 heteroatoms.